The van der Waals surface area contributed by atoms with Crippen LogP contribution in [0.3, 0.4) is 0 Å². The number of rotatable bonds is 2. The van der Waals surface area contributed by atoms with Crippen LogP contribution in [0.1, 0.15) is 0 Å². The van der Waals surface area contributed by atoms with Gasteiger partial charge in [0.15, 0.2) is 0 Å². The summed E-state index contributed by atoms with van der Waals surface area (Å²) in [6.07, 6.45) is 0. The lowest BCUT2D eigenvalue weighted by atomic mass is 9.87. The van der Waals surface area contributed by atoms with Crippen LogP contribution in [0.15, 0.2) is 35.7 Å². The Balaban J connectivity index is 2.47. The van der Waals surface area contributed by atoms with E-state index in [0.29, 0.717) is 10.5 Å². The van der Waals surface area contributed by atoms with Crippen LogP contribution in [0.25, 0.3) is 11.1 Å². The van der Waals surface area contributed by atoms with Crippen molar-refractivity contribution >= 4 is 28.9 Å². The summed E-state index contributed by atoms with van der Waals surface area (Å²) in [6, 6.07) is 9.63. The van der Waals surface area contributed by atoms with E-state index in [1.807, 2.05) is 35.7 Å². The molecule has 0 aliphatic rings. The van der Waals surface area contributed by atoms with Crippen LogP contribution in [0, 0.1) is 0 Å². The zero-order valence-electron chi connectivity index (χ0n) is 7.92. The monoisotopic (exact) mass is 219 g/mol. The minimum atomic E-state index is -1.49. The van der Waals surface area contributed by atoms with Crippen molar-refractivity contribution in [3.05, 3.63) is 35.7 Å². The molecule has 0 spiro atoms. The lowest BCUT2D eigenvalue weighted by Crippen LogP contribution is -2.29. The highest BCUT2D eigenvalue weighted by molar-refractivity contribution is 7.21. The molecule has 0 saturated carbocycles. The number of nitrogen functional groups attached to an aromatic ring is 1. The van der Waals surface area contributed by atoms with Gasteiger partial charge in [-0.1, -0.05) is 30.3 Å². The Morgan fingerprint density at radius 3 is 2.33 bits per heavy atom. The van der Waals surface area contributed by atoms with Gasteiger partial charge in [-0.25, -0.2) is 0 Å². The van der Waals surface area contributed by atoms with E-state index in [1.165, 1.54) is 11.3 Å². The molecule has 0 unspecified atom stereocenters. The van der Waals surface area contributed by atoms with Gasteiger partial charge in [0.2, 0.25) is 0 Å². The first-order valence-electron chi connectivity index (χ1n) is 4.48. The largest absolute Gasteiger partial charge is 0.501 e. The summed E-state index contributed by atoms with van der Waals surface area (Å²) in [5.41, 5.74) is 8.11. The summed E-state index contributed by atoms with van der Waals surface area (Å²) in [5, 5.41) is 19.9. The normalized spacial score (nSPS) is 10.3. The SMILES string of the molecule is Nc1c(-c2ccccc2)csc1B(O)O. The van der Waals surface area contributed by atoms with Crippen molar-refractivity contribution in [3.8, 4) is 11.1 Å². The van der Waals surface area contributed by atoms with E-state index in [4.69, 9.17) is 15.8 Å². The van der Waals surface area contributed by atoms with Gasteiger partial charge in [-0.3, -0.25) is 0 Å². The van der Waals surface area contributed by atoms with E-state index in [9.17, 15) is 0 Å². The van der Waals surface area contributed by atoms with Crippen LogP contribution >= 0.6 is 11.3 Å². The van der Waals surface area contributed by atoms with Gasteiger partial charge in [0.05, 0.1) is 4.78 Å². The molecule has 0 atom stereocenters. The molecule has 4 N–H and O–H groups in total. The fourth-order valence-electron chi connectivity index (χ4n) is 1.42. The van der Waals surface area contributed by atoms with E-state index >= 15 is 0 Å². The Bertz CT molecular complexity index is 456. The molecule has 15 heavy (non-hydrogen) atoms. The molecule has 0 bridgehead atoms. The summed E-state index contributed by atoms with van der Waals surface area (Å²) >= 11 is 1.25. The molecule has 2 aromatic rings. The Labute approximate surface area is 91.9 Å². The van der Waals surface area contributed by atoms with E-state index in [0.717, 1.165) is 11.1 Å². The fourth-order valence-corrected chi connectivity index (χ4v) is 2.29. The van der Waals surface area contributed by atoms with Gasteiger partial charge in [0, 0.05) is 16.6 Å². The minimum Gasteiger partial charge on any atom is -0.423 e. The van der Waals surface area contributed by atoms with Crippen LogP contribution in [0.4, 0.5) is 5.69 Å². The lowest BCUT2D eigenvalue weighted by Gasteiger charge is -2.01. The number of hydrogen-bond acceptors (Lipinski definition) is 4. The maximum atomic E-state index is 9.05. The van der Waals surface area contributed by atoms with Crippen molar-refractivity contribution in [1.29, 1.82) is 0 Å². The Hall–Kier alpha value is -1.30. The second kappa shape index (κ2) is 4.06. The van der Waals surface area contributed by atoms with Crippen LogP contribution in [0.2, 0.25) is 0 Å². The molecule has 3 nitrogen and oxygen atoms in total. The van der Waals surface area contributed by atoms with Gasteiger partial charge < -0.3 is 15.8 Å². The number of nitrogens with two attached hydrogens (primary N) is 1. The van der Waals surface area contributed by atoms with Crippen molar-refractivity contribution < 1.29 is 10.0 Å². The molecule has 76 valence electrons. The molecule has 0 fully saturated rings. The number of anilines is 1. The summed E-state index contributed by atoms with van der Waals surface area (Å²) in [6.45, 7) is 0. The third kappa shape index (κ3) is 1.90. The average Bonchev–Trinajstić information content (AvgIpc) is 2.61. The molecule has 2 rings (SSSR count). The molecule has 0 radical (unpaired) electrons. The summed E-state index contributed by atoms with van der Waals surface area (Å²) in [4.78, 5) is 0. The van der Waals surface area contributed by atoms with Gasteiger partial charge >= 0.3 is 7.12 Å². The van der Waals surface area contributed by atoms with E-state index < -0.39 is 7.12 Å². The van der Waals surface area contributed by atoms with Crippen molar-refractivity contribution in [1.82, 2.24) is 0 Å². The molecule has 1 aromatic heterocycles. The Morgan fingerprint density at radius 2 is 1.80 bits per heavy atom. The van der Waals surface area contributed by atoms with Crippen molar-refractivity contribution in [2.45, 2.75) is 0 Å². The lowest BCUT2D eigenvalue weighted by molar-refractivity contribution is 0.427. The highest BCUT2D eigenvalue weighted by Gasteiger charge is 2.19. The van der Waals surface area contributed by atoms with Gasteiger partial charge in [0.25, 0.3) is 0 Å². The van der Waals surface area contributed by atoms with Gasteiger partial charge in [-0.05, 0) is 5.56 Å². The van der Waals surface area contributed by atoms with Crippen LogP contribution < -0.4 is 10.5 Å². The Kier molecular flexibility index (Phi) is 2.77. The highest BCUT2D eigenvalue weighted by Crippen LogP contribution is 2.27. The van der Waals surface area contributed by atoms with E-state index in [2.05, 4.69) is 0 Å². The van der Waals surface area contributed by atoms with Gasteiger partial charge in [-0.15, -0.1) is 0 Å². The minimum absolute atomic E-state index is 0.397. The molecule has 0 aliphatic heterocycles. The van der Waals surface area contributed by atoms with Gasteiger partial charge in [-0.2, -0.15) is 11.3 Å². The molecule has 5 heteroatoms. The van der Waals surface area contributed by atoms with Crippen molar-refractivity contribution in [2.24, 2.45) is 0 Å². The predicted octanol–water partition coefficient (Wildman–Crippen LogP) is 0.677. The topological polar surface area (TPSA) is 66.5 Å². The molecular formula is C10H10BNO2S. The van der Waals surface area contributed by atoms with Crippen molar-refractivity contribution in [3.63, 3.8) is 0 Å². The first-order chi connectivity index (χ1) is 7.20. The quantitative estimate of drug-likeness (QED) is 0.650. The third-order valence-corrected chi connectivity index (χ3v) is 3.22. The molecule has 0 saturated heterocycles. The van der Waals surface area contributed by atoms with Gasteiger partial charge in [0.1, 0.15) is 0 Å². The standard InChI is InChI=1S/C10H10BNO2S/c12-9-8(6-15-10(9)11(13)14)7-4-2-1-3-5-7/h1-6,13-14H,12H2. The molecule has 1 heterocycles. The summed E-state index contributed by atoms with van der Waals surface area (Å²) < 4.78 is 0.397. The summed E-state index contributed by atoms with van der Waals surface area (Å²) in [7, 11) is -1.49. The molecular weight excluding hydrogens is 209 g/mol. The highest BCUT2D eigenvalue weighted by atomic mass is 32.1. The fraction of sp³-hybridized carbons (Fsp3) is 0. The molecule has 0 aliphatic carbocycles. The zero-order chi connectivity index (χ0) is 10.8. The third-order valence-electron chi connectivity index (χ3n) is 2.18. The van der Waals surface area contributed by atoms with Crippen LogP contribution in [-0.2, 0) is 0 Å². The number of benzene rings is 1. The first-order valence-corrected chi connectivity index (χ1v) is 5.36. The van der Waals surface area contributed by atoms with Crippen LogP contribution in [0.5, 0.6) is 0 Å². The average molecular weight is 219 g/mol. The molecule has 1 aromatic carbocycles. The smallest absolute Gasteiger partial charge is 0.423 e. The Morgan fingerprint density at radius 1 is 1.13 bits per heavy atom. The maximum absolute atomic E-state index is 9.05. The second-order valence-corrected chi connectivity index (χ2v) is 4.08. The second-order valence-electron chi connectivity index (χ2n) is 3.17. The first kappa shape index (κ1) is 10.2. The van der Waals surface area contributed by atoms with Crippen LogP contribution in [-0.4, -0.2) is 17.2 Å². The zero-order valence-corrected chi connectivity index (χ0v) is 8.74. The summed E-state index contributed by atoms with van der Waals surface area (Å²) in [5.74, 6) is 0. The molecule has 0 amide bonds. The maximum Gasteiger partial charge on any atom is 0.501 e. The van der Waals surface area contributed by atoms with Crippen molar-refractivity contribution in [2.75, 3.05) is 5.73 Å². The van der Waals surface area contributed by atoms with E-state index in [-0.39, 0.29) is 0 Å². The van der Waals surface area contributed by atoms with E-state index in [1.54, 1.807) is 0 Å². The number of thiophene rings is 1. The predicted molar refractivity (Wildman–Crippen MR) is 64.0 cm³/mol. The number of hydrogen-bond donors (Lipinski definition) is 3.